The highest BCUT2D eigenvalue weighted by Crippen LogP contribution is 2.42. The Balaban J connectivity index is 1.12. The zero-order chi connectivity index (χ0) is 33.8. The van der Waals surface area contributed by atoms with Crippen molar-refractivity contribution in [2.75, 3.05) is 39.7 Å². The number of unbranched alkanes of at least 4 members (excludes halogenated alkanes) is 2. The third-order valence-electron chi connectivity index (χ3n) is 9.41. The molecule has 9 nitrogen and oxygen atoms in total. The zero-order valence-corrected chi connectivity index (χ0v) is 28.8. The molecule has 0 aliphatic carbocycles. The average molecular weight is 676 g/mol. The Morgan fingerprint density at radius 1 is 0.896 bits per heavy atom. The molecule has 10 heteroatoms. The minimum Gasteiger partial charge on any atom is -0.497 e. The highest BCUT2D eigenvalue weighted by atomic mass is 32.2. The van der Waals surface area contributed by atoms with Gasteiger partial charge in [0.2, 0.25) is 5.91 Å². The Kier molecular flexibility index (Phi) is 13.0. The van der Waals surface area contributed by atoms with E-state index < -0.39 is 5.60 Å². The van der Waals surface area contributed by atoms with Crippen LogP contribution in [0.4, 0.5) is 4.79 Å². The van der Waals surface area contributed by atoms with E-state index in [1.165, 1.54) is 0 Å². The molecule has 0 saturated carbocycles. The summed E-state index contributed by atoms with van der Waals surface area (Å²) in [6.45, 7) is 0.961. The summed E-state index contributed by atoms with van der Waals surface area (Å²) in [5.74, 6) is 2.48. The maximum absolute atomic E-state index is 12.5. The normalized spacial score (nSPS) is 19.2. The number of aliphatic hydroxyl groups excluding tert-OH is 1. The highest BCUT2D eigenvalue weighted by Gasteiger charge is 2.42. The van der Waals surface area contributed by atoms with E-state index in [1.807, 2.05) is 78.5 Å². The molecule has 2 fully saturated rings. The van der Waals surface area contributed by atoms with Crippen LogP contribution in [-0.2, 0) is 15.1 Å². The molecular formula is C38H49N3O6S. The predicted molar refractivity (Wildman–Crippen MR) is 190 cm³/mol. The molecule has 48 heavy (non-hydrogen) atoms. The summed E-state index contributed by atoms with van der Waals surface area (Å²) in [6, 6.07) is 26.4. The van der Waals surface area contributed by atoms with E-state index in [2.05, 4.69) is 28.1 Å². The van der Waals surface area contributed by atoms with Gasteiger partial charge in [-0.3, -0.25) is 4.79 Å². The fourth-order valence-electron chi connectivity index (χ4n) is 6.69. The zero-order valence-electron chi connectivity index (χ0n) is 28.0. The molecule has 2 aliphatic rings. The highest BCUT2D eigenvalue weighted by molar-refractivity contribution is 8.00. The van der Waals surface area contributed by atoms with E-state index in [4.69, 9.17) is 14.2 Å². The maximum Gasteiger partial charge on any atom is 0.315 e. The van der Waals surface area contributed by atoms with Crippen LogP contribution < -0.4 is 25.4 Å². The molecular weight excluding hydrogens is 627 g/mol. The first-order valence-electron chi connectivity index (χ1n) is 17.0. The van der Waals surface area contributed by atoms with Crippen molar-refractivity contribution in [2.24, 2.45) is 5.92 Å². The van der Waals surface area contributed by atoms with Crippen molar-refractivity contribution < 1.29 is 28.9 Å². The molecule has 3 amide bonds. The molecule has 2 heterocycles. The number of methoxy groups -OCH3 is 2. The van der Waals surface area contributed by atoms with Crippen LogP contribution >= 0.6 is 11.8 Å². The van der Waals surface area contributed by atoms with Gasteiger partial charge in [0.05, 0.1) is 32.9 Å². The van der Waals surface area contributed by atoms with Gasteiger partial charge in [0, 0.05) is 36.5 Å². The largest absolute Gasteiger partial charge is 0.497 e. The molecule has 3 aromatic carbocycles. The van der Waals surface area contributed by atoms with Crippen molar-refractivity contribution in [1.82, 2.24) is 16.0 Å². The van der Waals surface area contributed by atoms with Crippen molar-refractivity contribution >= 4 is 23.7 Å². The van der Waals surface area contributed by atoms with Crippen molar-refractivity contribution in [1.29, 1.82) is 0 Å². The van der Waals surface area contributed by atoms with Crippen LogP contribution in [0.25, 0.3) is 0 Å². The summed E-state index contributed by atoms with van der Waals surface area (Å²) in [7, 11) is 3.30. The summed E-state index contributed by atoms with van der Waals surface area (Å²) in [4.78, 5) is 24.0. The number of hydrogen-bond acceptors (Lipinski definition) is 7. The maximum atomic E-state index is 12.5. The molecule has 0 spiro atoms. The molecule has 0 aromatic heterocycles. The third kappa shape index (κ3) is 8.84. The predicted octanol–water partition coefficient (Wildman–Crippen LogP) is 5.63. The standard InChI is InChI=1S/C38H49N3O6S/c1-45-31-19-15-29(16-20-31)38(28-11-4-3-5-12-28,30-17-21-32(46-2)22-18-30)47-25-27(24-42)10-8-9-23-39-35(43)14-7-6-13-34-36-33(26-48-34)40-37(44)41-36/h3-5,11-12,15-22,27,33-34,36,42H,6-10,13-14,23-26H2,1-2H3,(H,39,43)(H2,40,41,44)/t27?,33?,34-,36?/m0/s1. The first-order chi connectivity index (χ1) is 23.5. The topological polar surface area (TPSA) is 118 Å². The molecule has 3 aromatic rings. The average Bonchev–Trinajstić information content (AvgIpc) is 3.69. The fraction of sp³-hybridized carbons (Fsp3) is 0.474. The quantitative estimate of drug-likeness (QED) is 0.0739. The molecule has 0 radical (unpaired) electrons. The Bertz CT molecular complexity index is 1390. The summed E-state index contributed by atoms with van der Waals surface area (Å²) in [5, 5.41) is 19.9. The first-order valence-corrected chi connectivity index (χ1v) is 18.1. The molecule has 258 valence electrons. The minimum atomic E-state index is -0.929. The van der Waals surface area contributed by atoms with Crippen LogP contribution in [-0.4, -0.2) is 74.1 Å². The van der Waals surface area contributed by atoms with Gasteiger partial charge in [0.15, 0.2) is 0 Å². The van der Waals surface area contributed by atoms with Crippen molar-refractivity contribution in [2.45, 2.75) is 67.9 Å². The molecule has 3 unspecified atom stereocenters. The number of urea groups is 1. The number of benzene rings is 3. The van der Waals surface area contributed by atoms with Gasteiger partial charge in [-0.2, -0.15) is 11.8 Å². The lowest BCUT2D eigenvalue weighted by molar-refractivity contribution is -0.121. The lowest BCUT2D eigenvalue weighted by Gasteiger charge is -2.37. The van der Waals surface area contributed by atoms with Gasteiger partial charge in [0.25, 0.3) is 0 Å². The number of fused-ring (bicyclic) bond motifs is 1. The SMILES string of the molecule is COc1ccc(C(OCC(CO)CCCCNC(=O)CCCC[C@@H]2SCC3NC(=O)NC32)(c2ccccc2)c2ccc(OC)cc2)cc1. The van der Waals surface area contributed by atoms with E-state index in [1.54, 1.807) is 14.2 Å². The Morgan fingerprint density at radius 2 is 1.54 bits per heavy atom. The van der Waals surface area contributed by atoms with Crippen LogP contribution in [0.15, 0.2) is 78.9 Å². The molecule has 2 saturated heterocycles. The van der Waals surface area contributed by atoms with Crippen LogP contribution in [0.3, 0.4) is 0 Å². The first kappa shape index (κ1) is 35.6. The fourth-order valence-corrected chi connectivity index (χ4v) is 8.24. The van der Waals surface area contributed by atoms with E-state index >= 15 is 0 Å². The number of nitrogens with one attached hydrogen (secondary N) is 3. The lowest BCUT2D eigenvalue weighted by atomic mass is 9.79. The number of hydrogen-bond donors (Lipinski definition) is 4. The molecule has 4 N–H and O–H groups in total. The van der Waals surface area contributed by atoms with Gasteiger partial charge in [-0.1, -0.05) is 67.4 Å². The van der Waals surface area contributed by atoms with E-state index in [-0.39, 0.29) is 36.5 Å². The Labute approximate surface area is 288 Å². The molecule has 2 aliphatic heterocycles. The second kappa shape index (κ2) is 17.6. The third-order valence-corrected chi connectivity index (χ3v) is 10.9. The van der Waals surface area contributed by atoms with Crippen LogP contribution in [0.1, 0.15) is 61.6 Å². The number of thioether (sulfide) groups is 1. The van der Waals surface area contributed by atoms with Gasteiger partial charge in [0.1, 0.15) is 17.1 Å². The second-order valence-electron chi connectivity index (χ2n) is 12.6. The molecule has 4 atom stereocenters. The number of carbonyl (C=O) groups is 2. The van der Waals surface area contributed by atoms with Gasteiger partial charge in [-0.15, -0.1) is 0 Å². The second-order valence-corrected chi connectivity index (χ2v) is 13.8. The van der Waals surface area contributed by atoms with Gasteiger partial charge in [-0.25, -0.2) is 4.79 Å². The monoisotopic (exact) mass is 675 g/mol. The van der Waals surface area contributed by atoms with Gasteiger partial charge >= 0.3 is 6.03 Å². The molecule has 5 rings (SSSR count). The molecule has 0 bridgehead atoms. The van der Waals surface area contributed by atoms with E-state index in [0.29, 0.717) is 24.8 Å². The summed E-state index contributed by atoms with van der Waals surface area (Å²) in [5.41, 5.74) is 1.95. The van der Waals surface area contributed by atoms with Crippen molar-refractivity contribution in [3.8, 4) is 11.5 Å². The smallest absolute Gasteiger partial charge is 0.315 e. The Hall–Kier alpha value is -3.73. The van der Waals surface area contributed by atoms with Gasteiger partial charge in [-0.05, 0) is 66.6 Å². The van der Waals surface area contributed by atoms with E-state index in [0.717, 1.165) is 72.5 Å². The summed E-state index contributed by atoms with van der Waals surface area (Å²) < 4.78 is 17.9. The summed E-state index contributed by atoms with van der Waals surface area (Å²) >= 11 is 1.91. The van der Waals surface area contributed by atoms with Crippen molar-refractivity contribution in [3.63, 3.8) is 0 Å². The number of aliphatic hydroxyl groups is 1. The lowest BCUT2D eigenvalue weighted by Crippen LogP contribution is -2.36. The number of rotatable bonds is 19. The number of amides is 3. The van der Waals surface area contributed by atoms with Crippen LogP contribution in [0.2, 0.25) is 0 Å². The number of ether oxygens (including phenoxy) is 3. The van der Waals surface area contributed by atoms with Gasteiger partial charge < -0.3 is 35.3 Å². The Morgan fingerprint density at radius 3 is 2.17 bits per heavy atom. The van der Waals surface area contributed by atoms with Crippen LogP contribution in [0.5, 0.6) is 11.5 Å². The number of carbonyl (C=O) groups excluding carboxylic acids is 2. The van der Waals surface area contributed by atoms with E-state index in [9.17, 15) is 14.7 Å². The van der Waals surface area contributed by atoms with Crippen molar-refractivity contribution in [3.05, 3.63) is 95.6 Å². The minimum absolute atomic E-state index is 0.00306. The van der Waals surface area contributed by atoms with Crippen LogP contribution in [0, 0.1) is 5.92 Å². The summed E-state index contributed by atoms with van der Waals surface area (Å²) in [6.07, 6.45) is 5.80.